The largest absolute Gasteiger partial charge is 0.324 e. The summed E-state index contributed by atoms with van der Waals surface area (Å²) < 4.78 is 0. The number of aryl methyl sites for hydroxylation is 2. The van der Waals surface area contributed by atoms with Crippen molar-refractivity contribution < 1.29 is 0 Å². The molecule has 0 aromatic heterocycles. The van der Waals surface area contributed by atoms with Crippen LogP contribution in [0.4, 0.5) is 0 Å². The van der Waals surface area contributed by atoms with Crippen molar-refractivity contribution >= 4 is 0 Å². The van der Waals surface area contributed by atoms with Crippen LogP contribution >= 0.6 is 0 Å². The molecule has 0 spiro atoms. The van der Waals surface area contributed by atoms with Crippen molar-refractivity contribution in [2.24, 2.45) is 5.73 Å². The van der Waals surface area contributed by atoms with E-state index in [4.69, 9.17) is 5.73 Å². The van der Waals surface area contributed by atoms with Gasteiger partial charge >= 0.3 is 0 Å². The molecule has 0 bridgehead atoms. The van der Waals surface area contributed by atoms with Crippen LogP contribution < -0.4 is 5.73 Å². The Morgan fingerprint density at radius 1 is 1.00 bits per heavy atom. The number of nitrogens with zero attached hydrogens (tertiary/aromatic N) is 1. The third-order valence-electron chi connectivity index (χ3n) is 4.03. The van der Waals surface area contributed by atoms with Crippen molar-refractivity contribution in [3.8, 4) is 0 Å². The summed E-state index contributed by atoms with van der Waals surface area (Å²) in [5.41, 5.74) is 11.5. The van der Waals surface area contributed by atoms with Crippen LogP contribution in [0.1, 0.15) is 34.7 Å². The van der Waals surface area contributed by atoms with Crippen LogP contribution in [0.25, 0.3) is 0 Å². The summed E-state index contributed by atoms with van der Waals surface area (Å²) in [5, 5.41) is 0. The standard InChI is InChI=1S/C19H26N2/c1-15-8-10-17(11-9-15)19(20)12-13-21(3)14-18-7-5-4-6-16(18)2/h4-11,19H,12-14,20H2,1-3H3. The molecule has 0 saturated heterocycles. The smallest absolute Gasteiger partial charge is 0.0307 e. The highest BCUT2D eigenvalue weighted by molar-refractivity contribution is 5.25. The van der Waals surface area contributed by atoms with Gasteiger partial charge in [0, 0.05) is 12.6 Å². The molecule has 0 amide bonds. The van der Waals surface area contributed by atoms with Crippen molar-refractivity contribution in [1.29, 1.82) is 0 Å². The van der Waals surface area contributed by atoms with Crippen LogP contribution in [0, 0.1) is 13.8 Å². The fourth-order valence-electron chi connectivity index (χ4n) is 2.50. The number of nitrogens with two attached hydrogens (primary N) is 1. The molecule has 0 aliphatic heterocycles. The molecule has 2 aromatic rings. The van der Waals surface area contributed by atoms with Gasteiger partial charge in [-0.15, -0.1) is 0 Å². The van der Waals surface area contributed by atoms with E-state index in [2.05, 4.69) is 74.3 Å². The van der Waals surface area contributed by atoms with Gasteiger partial charge in [0.1, 0.15) is 0 Å². The van der Waals surface area contributed by atoms with Crippen molar-refractivity contribution in [2.75, 3.05) is 13.6 Å². The van der Waals surface area contributed by atoms with E-state index >= 15 is 0 Å². The molecule has 1 atom stereocenters. The number of rotatable bonds is 6. The Kier molecular flexibility index (Phi) is 5.54. The molecule has 0 saturated carbocycles. The molecule has 0 aliphatic rings. The summed E-state index contributed by atoms with van der Waals surface area (Å²) in [5.74, 6) is 0. The average Bonchev–Trinajstić information content (AvgIpc) is 2.48. The lowest BCUT2D eigenvalue weighted by molar-refractivity contribution is 0.311. The zero-order valence-electron chi connectivity index (χ0n) is 13.3. The van der Waals surface area contributed by atoms with Gasteiger partial charge in [-0.25, -0.2) is 0 Å². The maximum atomic E-state index is 6.29. The molecule has 0 heterocycles. The molecule has 0 fully saturated rings. The topological polar surface area (TPSA) is 29.3 Å². The van der Waals surface area contributed by atoms with E-state index in [1.165, 1.54) is 22.3 Å². The first-order valence-corrected chi connectivity index (χ1v) is 7.61. The molecule has 2 aromatic carbocycles. The predicted molar refractivity (Wildman–Crippen MR) is 90.2 cm³/mol. The van der Waals surface area contributed by atoms with E-state index in [1.807, 2.05) is 0 Å². The first-order valence-electron chi connectivity index (χ1n) is 7.61. The van der Waals surface area contributed by atoms with Gasteiger partial charge < -0.3 is 10.6 Å². The lowest BCUT2D eigenvalue weighted by Gasteiger charge is -2.20. The number of hydrogen-bond donors (Lipinski definition) is 1. The lowest BCUT2D eigenvalue weighted by Crippen LogP contribution is -2.23. The Balaban J connectivity index is 1.85. The second-order valence-corrected chi connectivity index (χ2v) is 5.97. The van der Waals surface area contributed by atoms with Crippen molar-refractivity contribution in [2.45, 2.75) is 32.9 Å². The Morgan fingerprint density at radius 2 is 1.67 bits per heavy atom. The van der Waals surface area contributed by atoms with Gasteiger partial charge in [0.25, 0.3) is 0 Å². The first-order chi connectivity index (χ1) is 10.1. The Labute approximate surface area is 128 Å². The number of hydrogen-bond acceptors (Lipinski definition) is 2. The highest BCUT2D eigenvalue weighted by Crippen LogP contribution is 2.16. The van der Waals surface area contributed by atoms with Crippen LogP contribution in [0.15, 0.2) is 48.5 Å². The molecule has 21 heavy (non-hydrogen) atoms. The summed E-state index contributed by atoms with van der Waals surface area (Å²) in [6, 6.07) is 17.2. The van der Waals surface area contributed by atoms with Crippen LogP contribution in [-0.4, -0.2) is 18.5 Å². The van der Waals surface area contributed by atoms with Crippen LogP contribution in [0.3, 0.4) is 0 Å². The Morgan fingerprint density at radius 3 is 2.33 bits per heavy atom. The quantitative estimate of drug-likeness (QED) is 0.872. The van der Waals surface area contributed by atoms with Gasteiger partial charge in [0.2, 0.25) is 0 Å². The Bertz CT molecular complexity index is 560. The van der Waals surface area contributed by atoms with Crippen molar-refractivity contribution in [1.82, 2.24) is 4.90 Å². The van der Waals surface area contributed by atoms with Crippen LogP contribution in [-0.2, 0) is 6.54 Å². The third kappa shape index (κ3) is 4.69. The van der Waals surface area contributed by atoms with Crippen molar-refractivity contribution in [3.05, 3.63) is 70.8 Å². The maximum absolute atomic E-state index is 6.29. The minimum Gasteiger partial charge on any atom is -0.324 e. The van der Waals surface area contributed by atoms with E-state index in [0.29, 0.717) is 0 Å². The van der Waals surface area contributed by atoms with Gasteiger partial charge in [-0.3, -0.25) is 0 Å². The SMILES string of the molecule is Cc1ccc(C(N)CCN(C)Cc2ccccc2C)cc1. The van der Waals surface area contributed by atoms with E-state index < -0.39 is 0 Å². The summed E-state index contributed by atoms with van der Waals surface area (Å²) in [6.45, 7) is 6.25. The van der Waals surface area contributed by atoms with Gasteiger partial charge in [-0.2, -0.15) is 0 Å². The lowest BCUT2D eigenvalue weighted by atomic mass is 10.0. The van der Waals surface area contributed by atoms with Crippen molar-refractivity contribution in [3.63, 3.8) is 0 Å². The molecule has 2 N–H and O–H groups in total. The normalized spacial score (nSPS) is 12.6. The maximum Gasteiger partial charge on any atom is 0.0307 e. The molecule has 112 valence electrons. The zero-order valence-corrected chi connectivity index (χ0v) is 13.3. The highest BCUT2D eigenvalue weighted by Gasteiger charge is 2.08. The fraction of sp³-hybridized carbons (Fsp3) is 0.368. The van der Waals surface area contributed by atoms with Gasteiger partial charge in [-0.05, 0) is 50.6 Å². The molecular weight excluding hydrogens is 256 g/mol. The minimum absolute atomic E-state index is 0.116. The first kappa shape index (κ1) is 15.7. The average molecular weight is 282 g/mol. The summed E-state index contributed by atoms with van der Waals surface area (Å²) in [4.78, 5) is 2.34. The predicted octanol–water partition coefficient (Wildman–Crippen LogP) is 3.83. The molecule has 0 radical (unpaired) electrons. The molecule has 0 aliphatic carbocycles. The molecule has 1 unspecified atom stereocenters. The summed E-state index contributed by atoms with van der Waals surface area (Å²) >= 11 is 0. The summed E-state index contributed by atoms with van der Waals surface area (Å²) in [6.07, 6.45) is 0.978. The summed E-state index contributed by atoms with van der Waals surface area (Å²) in [7, 11) is 2.16. The monoisotopic (exact) mass is 282 g/mol. The third-order valence-corrected chi connectivity index (χ3v) is 4.03. The zero-order chi connectivity index (χ0) is 15.2. The fourth-order valence-corrected chi connectivity index (χ4v) is 2.50. The van der Waals surface area contributed by atoms with E-state index in [9.17, 15) is 0 Å². The van der Waals surface area contributed by atoms with E-state index in [-0.39, 0.29) is 6.04 Å². The van der Waals surface area contributed by atoms with Crippen LogP contribution in [0.5, 0.6) is 0 Å². The van der Waals surface area contributed by atoms with Gasteiger partial charge in [0.15, 0.2) is 0 Å². The van der Waals surface area contributed by atoms with E-state index in [1.54, 1.807) is 0 Å². The molecular formula is C19H26N2. The molecule has 2 rings (SSSR count). The second kappa shape index (κ2) is 7.39. The molecule has 2 heteroatoms. The Hall–Kier alpha value is -1.64. The van der Waals surface area contributed by atoms with Gasteiger partial charge in [0.05, 0.1) is 0 Å². The number of benzene rings is 2. The van der Waals surface area contributed by atoms with E-state index in [0.717, 1.165) is 19.5 Å². The van der Waals surface area contributed by atoms with Crippen LogP contribution in [0.2, 0.25) is 0 Å². The van der Waals surface area contributed by atoms with Gasteiger partial charge in [-0.1, -0.05) is 54.1 Å². The minimum atomic E-state index is 0.116. The highest BCUT2D eigenvalue weighted by atomic mass is 15.1. The second-order valence-electron chi connectivity index (χ2n) is 5.97. The molecule has 2 nitrogen and oxygen atoms in total.